The van der Waals surface area contributed by atoms with Crippen LogP contribution < -0.4 is 4.90 Å². The van der Waals surface area contributed by atoms with Crippen molar-refractivity contribution in [3.05, 3.63) is 58.3 Å². The van der Waals surface area contributed by atoms with E-state index in [0.717, 1.165) is 0 Å². The zero-order valence-electron chi connectivity index (χ0n) is 10.1. The number of benzene rings is 2. The molecule has 98 valence electrons. The lowest BCUT2D eigenvalue weighted by Crippen LogP contribution is -2.26. The quantitative estimate of drug-likeness (QED) is 0.917. The Kier molecular flexibility index (Phi) is 3.85. The Balaban J connectivity index is 2.30. The molecule has 0 aliphatic heterocycles. The molecule has 2 aromatic rings. The Morgan fingerprint density at radius 3 is 2.42 bits per heavy atom. The molecule has 0 aromatic heterocycles. The molecule has 0 radical (unpaired) electrons. The molecular formula is C14H11BrFNO2. The molecule has 0 fully saturated rings. The summed E-state index contributed by atoms with van der Waals surface area (Å²) in [5.41, 5.74) is 1.01. The van der Waals surface area contributed by atoms with Gasteiger partial charge < -0.3 is 10.0 Å². The first-order valence-electron chi connectivity index (χ1n) is 5.51. The molecule has 2 rings (SSSR count). The van der Waals surface area contributed by atoms with Crippen LogP contribution in [0.15, 0.2) is 46.9 Å². The van der Waals surface area contributed by atoms with Gasteiger partial charge in [0.15, 0.2) is 0 Å². The van der Waals surface area contributed by atoms with Crippen molar-refractivity contribution >= 4 is 27.5 Å². The normalized spacial score (nSPS) is 10.3. The molecule has 0 atom stereocenters. The van der Waals surface area contributed by atoms with Gasteiger partial charge in [0.25, 0.3) is 5.91 Å². The molecular weight excluding hydrogens is 313 g/mol. The monoisotopic (exact) mass is 323 g/mol. The third kappa shape index (κ3) is 2.93. The molecule has 0 heterocycles. The summed E-state index contributed by atoms with van der Waals surface area (Å²) in [4.78, 5) is 13.7. The molecule has 0 saturated heterocycles. The predicted octanol–water partition coefficient (Wildman–Crippen LogP) is 3.57. The molecule has 0 aliphatic carbocycles. The SMILES string of the molecule is CN(C(=O)c1ccc(F)cc1Br)c1ccc(O)cc1. The molecule has 1 N–H and O–H groups in total. The smallest absolute Gasteiger partial charge is 0.259 e. The molecule has 19 heavy (non-hydrogen) atoms. The van der Waals surface area contributed by atoms with E-state index < -0.39 is 5.82 Å². The van der Waals surface area contributed by atoms with Gasteiger partial charge >= 0.3 is 0 Å². The topological polar surface area (TPSA) is 40.5 Å². The molecule has 2 aromatic carbocycles. The van der Waals surface area contributed by atoms with Gasteiger partial charge in [-0.25, -0.2) is 4.39 Å². The number of phenolic OH excluding ortho intramolecular Hbond substituents is 1. The largest absolute Gasteiger partial charge is 0.508 e. The zero-order chi connectivity index (χ0) is 14.0. The number of hydrogen-bond acceptors (Lipinski definition) is 2. The number of halogens is 2. The van der Waals surface area contributed by atoms with E-state index in [0.29, 0.717) is 15.7 Å². The van der Waals surface area contributed by atoms with E-state index in [-0.39, 0.29) is 11.7 Å². The Bertz CT molecular complexity index is 613. The van der Waals surface area contributed by atoms with Gasteiger partial charge in [-0.1, -0.05) is 0 Å². The first-order chi connectivity index (χ1) is 8.99. The maximum atomic E-state index is 13.0. The van der Waals surface area contributed by atoms with Gasteiger partial charge in [0.05, 0.1) is 5.56 Å². The van der Waals surface area contributed by atoms with E-state index in [2.05, 4.69) is 15.9 Å². The third-order valence-corrected chi connectivity index (χ3v) is 3.36. The number of hydrogen-bond donors (Lipinski definition) is 1. The second-order valence-electron chi connectivity index (χ2n) is 4.00. The van der Waals surface area contributed by atoms with Crippen molar-refractivity contribution in [1.82, 2.24) is 0 Å². The van der Waals surface area contributed by atoms with Gasteiger partial charge in [-0.2, -0.15) is 0 Å². The Morgan fingerprint density at radius 1 is 1.21 bits per heavy atom. The summed E-state index contributed by atoms with van der Waals surface area (Å²) in [5.74, 6) is -0.541. The fraction of sp³-hybridized carbons (Fsp3) is 0.0714. The number of nitrogens with zero attached hydrogens (tertiary/aromatic N) is 1. The number of carbonyl (C=O) groups excluding carboxylic acids is 1. The van der Waals surface area contributed by atoms with Gasteiger partial charge in [-0.3, -0.25) is 4.79 Å². The highest BCUT2D eigenvalue weighted by Gasteiger charge is 2.16. The van der Waals surface area contributed by atoms with E-state index >= 15 is 0 Å². The molecule has 0 bridgehead atoms. The number of carbonyl (C=O) groups is 1. The maximum absolute atomic E-state index is 13.0. The standard InChI is InChI=1S/C14H11BrFNO2/c1-17(10-3-5-11(18)6-4-10)14(19)12-7-2-9(16)8-13(12)15/h2-8,18H,1H3. The third-order valence-electron chi connectivity index (χ3n) is 2.70. The van der Waals surface area contributed by atoms with E-state index in [9.17, 15) is 14.3 Å². The van der Waals surface area contributed by atoms with Crippen molar-refractivity contribution < 1.29 is 14.3 Å². The molecule has 0 saturated carbocycles. The average Bonchev–Trinajstić information content (AvgIpc) is 2.38. The Labute approximate surface area is 118 Å². The zero-order valence-corrected chi connectivity index (χ0v) is 11.7. The highest BCUT2D eigenvalue weighted by atomic mass is 79.9. The van der Waals surface area contributed by atoms with Crippen LogP contribution in [0.5, 0.6) is 5.75 Å². The Morgan fingerprint density at radius 2 is 1.84 bits per heavy atom. The van der Waals surface area contributed by atoms with Crippen molar-refractivity contribution in [3.8, 4) is 5.75 Å². The average molecular weight is 324 g/mol. The van der Waals surface area contributed by atoms with Crippen LogP contribution in [0.1, 0.15) is 10.4 Å². The summed E-state index contributed by atoms with van der Waals surface area (Å²) in [6.07, 6.45) is 0. The molecule has 1 amide bonds. The minimum atomic E-state index is -0.407. The van der Waals surface area contributed by atoms with Gasteiger partial charge in [0.1, 0.15) is 11.6 Å². The molecule has 0 unspecified atom stereocenters. The highest BCUT2D eigenvalue weighted by Crippen LogP contribution is 2.23. The summed E-state index contributed by atoms with van der Waals surface area (Å²) < 4.78 is 13.4. The second-order valence-corrected chi connectivity index (χ2v) is 4.86. The first-order valence-corrected chi connectivity index (χ1v) is 6.30. The van der Waals surface area contributed by atoms with Crippen LogP contribution in [0.2, 0.25) is 0 Å². The highest BCUT2D eigenvalue weighted by molar-refractivity contribution is 9.10. The Hall–Kier alpha value is -1.88. The summed E-state index contributed by atoms with van der Waals surface area (Å²) in [7, 11) is 1.62. The van der Waals surface area contributed by atoms with Gasteiger partial charge in [0.2, 0.25) is 0 Å². The van der Waals surface area contributed by atoms with Crippen molar-refractivity contribution in [3.63, 3.8) is 0 Å². The fourth-order valence-electron chi connectivity index (χ4n) is 1.64. The van der Waals surface area contributed by atoms with E-state index in [1.807, 2.05) is 0 Å². The molecule has 5 heteroatoms. The van der Waals surface area contributed by atoms with Crippen LogP contribution in [0.3, 0.4) is 0 Å². The van der Waals surface area contributed by atoms with Crippen molar-refractivity contribution in [2.24, 2.45) is 0 Å². The van der Waals surface area contributed by atoms with Gasteiger partial charge in [-0.05, 0) is 58.4 Å². The lowest BCUT2D eigenvalue weighted by molar-refractivity contribution is 0.0992. The number of aromatic hydroxyl groups is 1. The molecule has 0 spiro atoms. The number of phenols is 1. The van der Waals surface area contributed by atoms with E-state index in [1.54, 1.807) is 19.2 Å². The number of anilines is 1. The lowest BCUT2D eigenvalue weighted by Gasteiger charge is -2.18. The van der Waals surface area contributed by atoms with Gasteiger partial charge in [0, 0.05) is 17.2 Å². The van der Waals surface area contributed by atoms with Crippen LogP contribution in [-0.2, 0) is 0 Å². The van der Waals surface area contributed by atoms with Crippen molar-refractivity contribution in [2.45, 2.75) is 0 Å². The van der Waals surface area contributed by atoms with Crippen LogP contribution in [-0.4, -0.2) is 18.1 Å². The van der Waals surface area contributed by atoms with Crippen LogP contribution in [0, 0.1) is 5.82 Å². The number of rotatable bonds is 2. The van der Waals surface area contributed by atoms with Crippen molar-refractivity contribution in [2.75, 3.05) is 11.9 Å². The van der Waals surface area contributed by atoms with Crippen molar-refractivity contribution in [1.29, 1.82) is 0 Å². The second kappa shape index (κ2) is 5.40. The summed E-state index contributed by atoms with van der Waals surface area (Å²) in [6, 6.07) is 10.2. The fourth-order valence-corrected chi connectivity index (χ4v) is 2.16. The summed E-state index contributed by atoms with van der Waals surface area (Å²) in [6.45, 7) is 0. The summed E-state index contributed by atoms with van der Waals surface area (Å²) >= 11 is 3.17. The molecule has 0 aliphatic rings. The minimum Gasteiger partial charge on any atom is -0.508 e. The number of amides is 1. The van der Waals surface area contributed by atoms with E-state index in [1.165, 1.54) is 35.2 Å². The van der Waals surface area contributed by atoms with Crippen LogP contribution >= 0.6 is 15.9 Å². The first kappa shape index (κ1) is 13.5. The van der Waals surface area contributed by atoms with Crippen LogP contribution in [0.25, 0.3) is 0 Å². The lowest BCUT2D eigenvalue weighted by atomic mass is 10.2. The molecule has 3 nitrogen and oxygen atoms in total. The van der Waals surface area contributed by atoms with Crippen LogP contribution in [0.4, 0.5) is 10.1 Å². The maximum Gasteiger partial charge on any atom is 0.259 e. The summed E-state index contributed by atoms with van der Waals surface area (Å²) in [5, 5.41) is 9.22. The van der Waals surface area contributed by atoms with E-state index in [4.69, 9.17) is 0 Å². The minimum absolute atomic E-state index is 0.132. The predicted molar refractivity (Wildman–Crippen MR) is 74.9 cm³/mol. The van der Waals surface area contributed by atoms with Gasteiger partial charge in [-0.15, -0.1) is 0 Å².